The van der Waals surface area contributed by atoms with Gasteiger partial charge in [-0.3, -0.25) is 9.78 Å². The first-order valence-corrected chi connectivity index (χ1v) is 8.36. The summed E-state index contributed by atoms with van der Waals surface area (Å²) in [4.78, 5) is 20.7. The molecule has 4 heteroatoms. The Morgan fingerprint density at radius 3 is 2.50 bits per heavy atom. The van der Waals surface area contributed by atoms with E-state index in [0.29, 0.717) is 23.2 Å². The summed E-state index contributed by atoms with van der Waals surface area (Å²) in [5, 5.41) is 1.19. The van der Waals surface area contributed by atoms with Gasteiger partial charge in [-0.05, 0) is 48.6 Å². The fourth-order valence-corrected chi connectivity index (χ4v) is 4.36. The smallest absolute Gasteiger partial charge is 0.170 e. The first-order valence-electron chi connectivity index (χ1n) is 8.36. The van der Waals surface area contributed by atoms with Crippen LogP contribution in [0.2, 0.25) is 0 Å². The number of fused-ring (bicyclic) bond motifs is 7. The zero-order valence-corrected chi connectivity index (χ0v) is 13.2. The lowest BCUT2D eigenvalue weighted by atomic mass is 9.70. The number of benzene rings is 1. The summed E-state index contributed by atoms with van der Waals surface area (Å²) in [6.07, 6.45) is 3.65. The van der Waals surface area contributed by atoms with Gasteiger partial charge in [0.05, 0.1) is 11.2 Å². The Bertz CT molecular complexity index is 996. The van der Waals surface area contributed by atoms with Crippen molar-refractivity contribution in [3.63, 3.8) is 0 Å². The van der Waals surface area contributed by atoms with Gasteiger partial charge < -0.3 is 5.73 Å². The van der Waals surface area contributed by atoms with Crippen LogP contribution >= 0.6 is 0 Å². The van der Waals surface area contributed by atoms with Crippen molar-refractivity contribution in [2.45, 2.75) is 31.1 Å². The third kappa shape index (κ3) is 1.89. The number of carbonyl (C=O) groups is 1. The molecule has 0 saturated heterocycles. The second-order valence-electron chi connectivity index (χ2n) is 6.89. The van der Waals surface area contributed by atoms with E-state index in [0.717, 1.165) is 36.8 Å². The molecule has 0 radical (unpaired) electrons. The predicted octanol–water partition coefficient (Wildman–Crippen LogP) is 3.39. The third-order valence-electron chi connectivity index (χ3n) is 5.42. The van der Waals surface area contributed by atoms with E-state index in [1.54, 1.807) is 0 Å². The molecule has 0 aliphatic heterocycles. The number of hydrogen-bond donors (Lipinski definition) is 1. The van der Waals surface area contributed by atoms with Gasteiger partial charge >= 0.3 is 0 Å². The molecule has 3 aromatic rings. The Hall–Kier alpha value is -2.75. The van der Waals surface area contributed by atoms with Gasteiger partial charge in [-0.2, -0.15) is 0 Å². The lowest BCUT2D eigenvalue weighted by molar-refractivity contribution is 0.111. The standard InChI is InChI=1S/C20H17N3O/c21-16-9-15-8-14-7-13(20(15)23-18(16)10-24)6-12-5-11-3-1-2-4-17(11)22-19(12)14/h1-5,9-10,13-14H,6-8,21H2/t13-,14+/m0/s1. The van der Waals surface area contributed by atoms with Crippen molar-refractivity contribution in [3.8, 4) is 0 Å². The molecular formula is C20H17N3O. The van der Waals surface area contributed by atoms with Gasteiger partial charge in [0.15, 0.2) is 6.29 Å². The van der Waals surface area contributed by atoms with Gasteiger partial charge in [0.2, 0.25) is 0 Å². The van der Waals surface area contributed by atoms with Crippen LogP contribution in [-0.4, -0.2) is 16.3 Å². The number of para-hydroxylation sites is 1. The first kappa shape index (κ1) is 13.7. The van der Waals surface area contributed by atoms with Crippen LogP contribution < -0.4 is 5.73 Å². The third-order valence-corrected chi connectivity index (χ3v) is 5.42. The molecule has 118 valence electrons. The van der Waals surface area contributed by atoms with Crippen LogP contribution in [0.4, 0.5) is 5.69 Å². The average molecular weight is 315 g/mol. The van der Waals surface area contributed by atoms with Crippen molar-refractivity contribution >= 4 is 22.9 Å². The highest BCUT2D eigenvalue weighted by Gasteiger charge is 2.36. The number of aromatic nitrogens is 2. The van der Waals surface area contributed by atoms with Crippen molar-refractivity contribution in [2.75, 3.05) is 5.73 Å². The quantitative estimate of drug-likeness (QED) is 0.699. The van der Waals surface area contributed by atoms with Crippen molar-refractivity contribution in [1.29, 1.82) is 0 Å². The van der Waals surface area contributed by atoms with Gasteiger partial charge in [-0.1, -0.05) is 18.2 Å². The predicted molar refractivity (Wildman–Crippen MR) is 93.3 cm³/mol. The minimum absolute atomic E-state index is 0.355. The summed E-state index contributed by atoms with van der Waals surface area (Å²) in [6, 6.07) is 12.5. The highest BCUT2D eigenvalue weighted by atomic mass is 16.1. The average Bonchev–Trinajstić information content (AvgIpc) is 2.60. The molecule has 2 aromatic heterocycles. The van der Waals surface area contributed by atoms with E-state index in [1.165, 1.54) is 22.2 Å². The van der Waals surface area contributed by atoms with Gasteiger partial charge in [0, 0.05) is 28.6 Å². The van der Waals surface area contributed by atoms with E-state index in [1.807, 2.05) is 12.1 Å². The highest BCUT2D eigenvalue weighted by Crippen LogP contribution is 2.46. The van der Waals surface area contributed by atoms with Crippen molar-refractivity contribution in [1.82, 2.24) is 9.97 Å². The molecule has 0 saturated carbocycles. The van der Waals surface area contributed by atoms with Crippen LogP contribution in [0.25, 0.3) is 10.9 Å². The second kappa shape index (κ2) is 4.87. The van der Waals surface area contributed by atoms with Gasteiger partial charge in [-0.15, -0.1) is 0 Å². The molecule has 24 heavy (non-hydrogen) atoms. The molecule has 2 N–H and O–H groups in total. The van der Waals surface area contributed by atoms with E-state index in [-0.39, 0.29) is 0 Å². The Kier molecular flexibility index (Phi) is 2.77. The zero-order chi connectivity index (χ0) is 16.3. The van der Waals surface area contributed by atoms with E-state index in [2.05, 4.69) is 29.2 Å². The zero-order valence-electron chi connectivity index (χ0n) is 13.2. The van der Waals surface area contributed by atoms with Crippen molar-refractivity contribution < 1.29 is 4.79 Å². The van der Waals surface area contributed by atoms with Crippen molar-refractivity contribution in [2.24, 2.45) is 0 Å². The molecule has 1 aromatic carbocycles. The number of nitrogen functional groups attached to an aromatic ring is 1. The fourth-order valence-electron chi connectivity index (χ4n) is 4.36. The minimum atomic E-state index is 0.355. The number of hydrogen-bond acceptors (Lipinski definition) is 4. The molecule has 4 nitrogen and oxygen atoms in total. The van der Waals surface area contributed by atoms with Gasteiger partial charge in [-0.25, -0.2) is 4.98 Å². The number of rotatable bonds is 1. The first-order chi connectivity index (χ1) is 11.7. The van der Waals surface area contributed by atoms with E-state index < -0.39 is 0 Å². The number of carbonyl (C=O) groups excluding carboxylic acids is 1. The van der Waals surface area contributed by atoms with Gasteiger partial charge in [0.1, 0.15) is 5.69 Å². The Labute approximate surface area is 139 Å². The molecule has 2 heterocycles. The summed E-state index contributed by atoms with van der Waals surface area (Å²) in [5.41, 5.74) is 12.7. The number of nitrogens with two attached hydrogens (primary N) is 1. The van der Waals surface area contributed by atoms with Crippen LogP contribution in [0.15, 0.2) is 36.4 Å². The normalized spacial score (nSPS) is 21.2. The molecule has 2 bridgehead atoms. The molecular weight excluding hydrogens is 298 g/mol. The fraction of sp³-hybridized carbons (Fsp3) is 0.250. The monoisotopic (exact) mass is 315 g/mol. The van der Waals surface area contributed by atoms with E-state index in [9.17, 15) is 4.79 Å². The maximum atomic E-state index is 11.2. The maximum Gasteiger partial charge on any atom is 0.170 e. The summed E-state index contributed by atoms with van der Waals surface area (Å²) in [7, 11) is 0. The van der Waals surface area contributed by atoms with Crippen LogP contribution in [-0.2, 0) is 12.8 Å². The Morgan fingerprint density at radius 1 is 1.00 bits per heavy atom. The summed E-state index contributed by atoms with van der Waals surface area (Å²) in [6.45, 7) is 0. The van der Waals surface area contributed by atoms with Crippen LogP contribution in [0.1, 0.15) is 51.3 Å². The summed E-state index contributed by atoms with van der Waals surface area (Å²) < 4.78 is 0. The molecule has 0 unspecified atom stereocenters. The number of nitrogens with zero attached hydrogens (tertiary/aromatic N) is 2. The van der Waals surface area contributed by atoms with E-state index in [4.69, 9.17) is 10.7 Å². The lowest BCUT2D eigenvalue weighted by Gasteiger charge is -2.36. The maximum absolute atomic E-state index is 11.2. The lowest BCUT2D eigenvalue weighted by Crippen LogP contribution is -2.27. The molecule has 2 atom stereocenters. The van der Waals surface area contributed by atoms with Crippen molar-refractivity contribution in [3.05, 3.63) is 64.6 Å². The molecule has 0 amide bonds. The molecule has 0 fully saturated rings. The molecule has 2 aliphatic rings. The van der Waals surface area contributed by atoms with Crippen LogP contribution in [0.3, 0.4) is 0 Å². The number of pyridine rings is 2. The molecule has 5 rings (SSSR count). The summed E-state index contributed by atoms with van der Waals surface area (Å²) in [5.74, 6) is 0.771. The molecule has 0 spiro atoms. The minimum Gasteiger partial charge on any atom is -0.397 e. The largest absolute Gasteiger partial charge is 0.397 e. The summed E-state index contributed by atoms with van der Waals surface area (Å²) >= 11 is 0. The number of anilines is 1. The van der Waals surface area contributed by atoms with Gasteiger partial charge in [0.25, 0.3) is 0 Å². The Balaban J connectivity index is 1.66. The molecule has 2 aliphatic carbocycles. The van der Waals surface area contributed by atoms with Crippen LogP contribution in [0.5, 0.6) is 0 Å². The Morgan fingerprint density at radius 2 is 1.71 bits per heavy atom. The SMILES string of the molecule is Nc1cc2c(nc1C=O)[C@H]1Cc3cc4ccccc4nc3[C@@H](C2)C1. The topological polar surface area (TPSA) is 68.9 Å². The van der Waals surface area contributed by atoms with E-state index >= 15 is 0 Å². The van der Waals surface area contributed by atoms with Crippen LogP contribution in [0, 0.1) is 0 Å². The number of aldehydes is 1. The second-order valence-corrected chi connectivity index (χ2v) is 6.89. The highest BCUT2D eigenvalue weighted by molar-refractivity contribution is 5.81.